The van der Waals surface area contributed by atoms with E-state index in [9.17, 15) is 4.79 Å². The van der Waals surface area contributed by atoms with E-state index in [1.165, 1.54) is 7.11 Å². The number of hydrogen-bond donors (Lipinski definition) is 1. The number of carbonyl (C=O) groups is 1. The van der Waals surface area contributed by atoms with E-state index in [-0.39, 0.29) is 18.4 Å². The number of benzene rings is 2. The number of rotatable bonds is 4. The number of aromatic nitrogens is 2. The van der Waals surface area contributed by atoms with Gasteiger partial charge in [-0.2, -0.15) is 0 Å². The second-order valence-electron chi connectivity index (χ2n) is 6.50. The largest absolute Gasteiger partial charge is 0.465 e. The Morgan fingerprint density at radius 3 is 2.70 bits per heavy atom. The highest BCUT2D eigenvalue weighted by molar-refractivity contribution is 6.23. The zero-order valence-electron chi connectivity index (χ0n) is 15.4. The van der Waals surface area contributed by atoms with Crippen LogP contribution in [0.15, 0.2) is 42.7 Å². The second kappa shape index (κ2) is 7.55. The van der Waals surface area contributed by atoms with Gasteiger partial charge < -0.3 is 15.0 Å². The number of nitrogens with zero attached hydrogens (tertiary/aromatic N) is 2. The quantitative estimate of drug-likeness (QED) is 0.536. The van der Waals surface area contributed by atoms with Gasteiger partial charge in [-0.1, -0.05) is 18.2 Å². The van der Waals surface area contributed by atoms with Crippen LogP contribution in [0, 0.1) is 6.92 Å². The molecule has 0 amide bonds. The van der Waals surface area contributed by atoms with Crippen LogP contribution in [0.5, 0.6) is 0 Å². The minimum atomic E-state index is -0.359. The Bertz CT molecular complexity index is 1150. The summed E-state index contributed by atoms with van der Waals surface area (Å²) >= 11 is 0. The van der Waals surface area contributed by atoms with Crippen LogP contribution >= 0.6 is 12.4 Å². The SMILES string of the molecule is COC(=O)c1c2ccn(CCCN)cc2c(C)c2c1nc1ccccc12.Cl. The van der Waals surface area contributed by atoms with Crippen molar-refractivity contribution in [2.75, 3.05) is 13.7 Å². The Morgan fingerprint density at radius 2 is 1.96 bits per heavy atom. The lowest BCUT2D eigenvalue weighted by Crippen LogP contribution is -2.08. The molecule has 4 aromatic rings. The summed E-state index contributed by atoms with van der Waals surface area (Å²) in [6.07, 6.45) is 4.98. The Balaban J connectivity index is 0.00000210. The summed E-state index contributed by atoms with van der Waals surface area (Å²) in [6.45, 7) is 3.58. The maximum absolute atomic E-state index is 12.6. The summed E-state index contributed by atoms with van der Waals surface area (Å²) in [7, 11) is 1.41. The Morgan fingerprint density at radius 1 is 1.19 bits per heavy atom. The van der Waals surface area contributed by atoms with Crippen LogP contribution in [0.4, 0.5) is 0 Å². The van der Waals surface area contributed by atoms with E-state index in [1.807, 2.05) is 30.5 Å². The third-order valence-electron chi connectivity index (χ3n) is 4.96. The molecule has 2 aromatic heterocycles. The molecular formula is C21H22ClN3O2. The first kappa shape index (κ1) is 19.1. The molecule has 5 nitrogen and oxygen atoms in total. The fourth-order valence-corrected chi connectivity index (χ4v) is 3.69. The summed E-state index contributed by atoms with van der Waals surface area (Å²) in [5.74, 6) is -0.359. The number of pyridine rings is 1. The lowest BCUT2D eigenvalue weighted by Gasteiger charge is -2.13. The average Bonchev–Trinajstić information content (AvgIpc) is 3.05. The van der Waals surface area contributed by atoms with Crippen molar-refractivity contribution in [2.45, 2.75) is 19.9 Å². The van der Waals surface area contributed by atoms with Crippen molar-refractivity contribution in [1.29, 1.82) is 0 Å². The van der Waals surface area contributed by atoms with Crippen LogP contribution in [0.2, 0.25) is 0 Å². The lowest BCUT2D eigenvalue weighted by molar-refractivity contribution is 0.0605. The minimum Gasteiger partial charge on any atom is -0.465 e. The molecule has 27 heavy (non-hydrogen) atoms. The van der Waals surface area contributed by atoms with E-state index in [0.29, 0.717) is 17.6 Å². The number of methoxy groups -OCH3 is 1. The molecule has 0 fully saturated rings. The Labute approximate surface area is 163 Å². The average molecular weight is 384 g/mol. The van der Waals surface area contributed by atoms with Crippen LogP contribution in [0.1, 0.15) is 22.3 Å². The first-order valence-corrected chi connectivity index (χ1v) is 8.74. The number of aryl methyl sites for hydroxylation is 2. The maximum atomic E-state index is 12.6. The molecule has 2 N–H and O–H groups in total. The van der Waals surface area contributed by atoms with Crippen LogP contribution in [0.25, 0.3) is 32.6 Å². The van der Waals surface area contributed by atoms with Crippen LogP contribution in [-0.4, -0.2) is 29.2 Å². The Kier molecular flexibility index (Phi) is 5.35. The van der Waals surface area contributed by atoms with Crippen LogP contribution < -0.4 is 5.73 Å². The van der Waals surface area contributed by atoms with Gasteiger partial charge in [-0.25, -0.2) is 9.78 Å². The van der Waals surface area contributed by atoms with Gasteiger partial charge in [-0.05, 0) is 37.6 Å². The molecule has 0 aliphatic carbocycles. The van der Waals surface area contributed by atoms with Gasteiger partial charge >= 0.3 is 5.97 Å². The van der Waals surface area contributed by atoms with Crippen molar-refractivity contribution in [3.05, 3.63) is 53.9 Å². The molecule has 0 unspecified atom stereocenters. The number of hydrogen-bond acceptors (Lipinski definition) is 4. The van der Waals surface area contributed by atoms with Crippen molar-refractivity contribution in [3.8, 4) is 0 Å². The fraction of sp³-hybridized carbons (Fsp3) is 0.238. The van der Waals surface area contributed by atoms with Crippen molar-refractivity contribution in [2.24, 2.45) is 5.73 Å². The molecule has 140 valence electrons. The molecule has 0 aliphatic heterocycles. The van der Waals surface area contributed by atoms with Gasteiger partial charge in [0, 0.05) is 40.5 Å². The van der Waals surface area contributed by atoms with E-state index >= 15 is 0 Å². The van der Waals surface area contributed by atoms with Gasteiger partial charge in [0.15, 0.2) is 0 Å². The van der Waals surface area contributed by atoms with E-state index in [0.717, 1.165) is 45.6 Å². The second-order valence-corrected chi connectivity index (χ2v) is 6.50. The number of carbonyl (C=O) groups excluding carboxylic acids is 1. The lowest BCUT2D eigenvalue weighted by atomic mass is 9.96. The molecule has 2 aromatic carbocycles. The summed E-state index contributed by atoms with van der Waals surface area (Å²) in [5.41, 5.74) is 8.90. The first-order valence-electron chi connectivity index (χ1n) is 8.74. The highest BCUT2D eigenvalue weighted by atomic mass is 35.5. The number of halogens is 1. The summed E-state index contributed by atoms with van der Waals surface area (Å²) in [6, 6.07) is 9.96. The van der Waals surface area contributed by atoms with E-state index in [4.69, 9.17) is 15.5 Å². The highest BCUT2D eigenvalue weighted by Crippen LogP contribution is 2.37. The summed E-state index contributed by atoms with van der Waals surface area (Å²) in [5, 5.41) is 3.98. The molecule has 0 bridgehead atoms. The van der Waals surface area contributed by atoms with Crippen molar-refractivity contribution >= 4 is 51.0 Å². The molecule has 0 spiro atoms. The zero-order chi connectivity index (χ0) is 18.3. The predicted octanol–water partition coefficient (Wildman–Crippen LogP) is 4.21. The molecule has 0 aliphatic rings. The van der Waals surface area contributed by atoms with E-state index in [1.54, 1.807) is 0 Å². The van der Waals surface area contributed by atoms with Crippen LogP contribution in [-0.2, 0) is 11.3 Å². The number of fused-ring (bicyclic) bond motifs is 4. The van der Waals surface area contributed by atoms with Crippen LogP contribution in [0.3, 0.4) is 0 Å². The van der Waals surface area contributed by atoms with Gasteiger partial charge in [-0.3, -0.25) is 0 Å². The van der Waals surface area contributed by atoms with Gasteiger partial charge in [0.05, 0.1) is 23.7 Å². The van der Waals surface area contributed by atoms with E-state index in [2.05, 4.69) is 23.8 Å². The highest BCUT2D eigenvalue weighted by Gasteiger charge is 2.22. The number of esters is 1. The topological polar surface area (TPSA) is 70.1 Å². The van der Waals surface area contributed by atoms with Crippen molar-refractivity contribution in [3.63, 3.8) is 0 Å². The fourth-order valence-electron chi connectivity index (χ4n) is 3.69. The van der Waals surface area contributed by atoms with Crippen molar-refractivity contribution in [1.82, 2.24) is 9.55 Å². The smallest absolute Gasteiger partial charge is 0.340 e. The van der Waals surface area contributed by atoms with Gasteiger partial charge in [0.1, 0.15) is 0 Å². The summed E-state index contributed by atoms with van der Waals surface area (Å²) in [4.78, 5) is 17.3. The van der Waals surface area contributed by atoms with E-state index < -0.39 is 0 Å². The Hall–Kier alpha value is -2.63. The van der Waals surface area contributed by atoms with Gasteiger partial charge in [0.25, 0.3) is 0 Å². The number of para-hydroxylation sites is 1. The molecule has 0 saturated carbocycles. The normalized spacial score (nSPS) is 11.1. The standard InChI is InChI=1S/C21H21N3O2.ClH/c1-13-16-12-24(10-5-9-22)11-8-14(16)19(21(25)26-2)20-18(13)15-6-3-4-7-17(15)23-20;/h3-4,6-8,11-12H,5,9-10,22H2,1-2H3;1H. The first-order chi connectivity index (χ1) is 12.7. The molecule has 0 atom stereocenters. The summed E-state index contributed by atoms with van der Waals surface area (Å²) < 4.78 is 7.20. The molecule has 2 heterocycles. The number of ether oxygens (including phenoxy) is 1. The van der Waals surface area contributed by atoms with Crippen molar-refractivity contribution < 1.29 is 9.53 Å². The zero-order valence-corrected chi connectivity index (χ0v) is 16.2. The third kappa shape index (κ3) is 3.03. The maximum Gasteiger partial charge on any atom is 0.340 e. The predicted molar refractivity (Wildman–Crippen MR) is 112 cm³/mol. The minimum absolute atomic E-state index is 0. The molecular weight excluding hydrogens is 362 g/mol. The number of nitrogens with two attached hydrogens (primary N) is 1. The van der Waals surface area contributed by atoms with Gasteiger partial charge in [-0.15, -0.1) is 12.4 Å². The monoisotopic (exact) mass is 383 g/mol. The molecule has 6 heteroatoms. The molecule has 4 rings (SSSR count). The molecule has 0 radical (unpaired) electrons. The third-order valence-corrected chi connectivity index (χ3v) is 4.96. The molecule has 0 saturated heterocycles. The van der Waals surface area contributed by atoms with Gasteiger partial charge in [0.2, 0.25) is 0 Å².